The van der Waals surface area contributed by atoms with Crippen molar-refractivity contribution in [3.63, 3.8) is 0 Å². The maximum Gasteiger partial charge on any atom is 0.466 e. The van der Waals surface area contributed by atoms with Gasteiger partial charge in [0.15, 0.2) is 0 Å². The van der Waals surface area contributed by atoms with Gasteiger partial charge in [0.05, 0.1) is 0 Å². The molecule has 0 bridgehead atoms. The van der Waals surface area contributed by atoms with Crippen LogP contribution < -0.4 is 0 Å². The zero-order chi connectivity index (χ0) is 10.2. The predicted molar refractivity (Wildman–Crippen MR) is 45.1 cm³/mol. The molecular formula is C6H15O6P. The standard InChI is InChI=1S/2C3H6O.H3O4P/c2*1-2-4-3-1;1-5(2,3)4/h2*1-3H2;(H3,1,2,3,4). The Morgan fingerprint density at radius 1 is 0.846 bits per heavy atom. The van der Waals surface area contributed by atoms with Gasteiger partial charge in [-0.25, -0.2) is 4.57 Å². The van der Waals surface area contributed by atoms with Gasteiger partial charge in [-0.15, -0.1) is 0 Å². The van der Waals surface area contributed by atoms with Gasteiger partial charge in [0.2, 0.25) is 0 Å². The van der Waals surface area contributed by atoms with E-state index in [9.17, 15) is 0 Å². The van der Waals surface area contributed by atoms with Gasteiger partial charge in [-0.3, -0.25) is 0 Å². The lowest BCUT2D eigenvalue weighted by atomic mass is 10.4. The largest absolute Gasteiger partial charge is 0.466 e. The molecule has 6 nitrogen and oxygen atoms in total. The first kappa shape index (κ1) is 13.0. The predicted octanol–water partition coefficient (Wildman–Crippen LogP) is -0.115. The van der Waals surface area contributed by atoms with Crippen molar-refractivity contribution < 1.29 is 28.7 Å². The summed E-state index contributed by atoms with van der Waals surface area (Å²) in [6.07, 6.45) is 2.56. The van der Waals surface area contributed by atoms with Crippen molar-refractivity contribution in [2.45, 2.75) is 12.8 Å². The van der Waals surface area contributed by atoms with E-state index in [2.05, 4.69) is 0 Å². The molecule has 7 heteroatoms. The Bertz CT molecular complexity index is 123. The van der Waals surface area contributed by atoms with E-state index in [4.69, 9.17) is 28.7 Å². The average Bonchev–Trinajstić information content (AvgIpc) is 1.41. The van der Waals surface area contributed by atoms with E-state index in [1.165, 1.54) is 12.8 Å². The van der Waals surface area contributed by atoms with Crippen LogP contribution in [0.15, 0.2) is 0 Å². The van der Waals surface area contributed by atoms with E-state index in [0.29, 0.717) is 0 Å². The molecule has 2 aliphatic heterocycles. The minimum absolute atomic E-state index is 1.00. The van der Waals surface area contributed by atoms with Crippen LogP contribution in [0, 0.1) is 0 Å². The van der Waals surface area contributed by atoms with Gasteiger partial charge in [-0.05, 0) is 12.8 Å². The van der Waals surface area contributed by atoms with Crippen molar-refractivity contribution in [3.8, 4) is 0 Å². The van der Waals surface area contributed by atoms with E-state index in [1.54, 1.807) is 0 Å². The lowest BCUT2D eigenvalue weighted by Gasteiger charge is -2.09. The van der Waals surface area contributed by atoms with Crippen LogP contribution in [0.25, 0.3) is 0 Å². The van der Waals surface area contributed by atoms with Crippen LogP contribution in [0.4, 0.5) is 0 Å². The Hall–Kier alpha value is 0.0300. The van der Waals surface area contributed by atoms with Crippen molar-refractivity contribution >= 4 is 7.82 Å². The average molecular weight is 214 g/mol. The minimum Gasteiger partial charge on any atom is -0.381 e. The summed E-state index contributed by atoms with van der Waals surface area (Å²) in [5, 5.41) is 0. The van der Waals surface area contributed by atoms with E-state index in [1.807, 2.05) is 0 Å². The van der Waals surface area contributed by atoms with Crippen LogP contribution >= 0.6 is 7.82 Å². The van der Waals surface area contributed by atoms with Gasteiger partial charge in [-0.2, -0.15) is 0 Å². The summed E-state index contributed by atoms with van der Waals surface area (Å²) in [7, 11) is -4.64. The maximum atomic E-state index is 8.88. The summed E-state index contributed by atoms with van der Waals surface area (Å²) in [6.45, 7) is 4.00. The highest BCUT2D eigenvalue weighted by Crippen LogP contribution is 2.25. The Balaban J connectivity index is 0.000000167. The second-order valence-electron chi connectivity index (χ2n) is 2.45. The van der Waals surface area contributed by atoms with Gasteiger partial charge in [0, 0.05) is 26.4 Å². The molecular weight excluding hydrogens is 199 g/mol. The third kappa shape index (κ3) is 18.8. The van der Waals surface area contributed by atoms with Gasteiger partial charge >= 0.3 is 7.82 Å². The molecule has 3 N–H and O–H groups in total. The summed E-state index contributed by atoms with van der Waals surface area (Å²) < 4.78 is 18.3. The Labute approximate surface area is 76.7 Å². The molecule has 0 spiro atoms. The number of hydrogen-bond donors (Lipinski definition) is 3. The molecule has 0 saturated carbocycles. The molecule has 2 aliphatic rings. The molecule has 2 saturated heterocycles. The van der Waals surface area contributed by atoms with Crippen molar-refractivity contribution in [1.82, 2.24) is 0 Å². The first-order valence-electron chi connectivity index (χ1n) is 3.94. The third-order valence-corrected chi connectivity index (χ3v) is 1.15. The second kappa shape index (κ2) is 7.44. The first-order valence-corrected chi connectivity index (χ1v) is 5.50. The summed E-state index contributed by atoms with van der Waals surface area (Å²) in [5.74, 6) is 0. The van der Waals surface area contributed by atoms with Crippen LogP contribution in [-0.2, 0) is 14.0 Å². The fourth-order valence-corrected chi connectivity index (χ4v) is 0.289. The smallest absolute Gasteiger partial charge is 0.381 e. The lowest BCUT2D eigenvalue weighted by Crippen LogP contribution is -2.09. The molecule has 2 fully saturated rings. The molecule has 2 rings (SSSR count). The van der Waals surface area contributed by atoms with E-state index in [0.717, 1.165) is 26.4 Å². The minimum atomic E-state index is -4.64. The van der Waals surface area contributed by atoms with Gasteiger partial charge in [-0.1, -0.05) is 0 Å². The summed E-state index contributed by atoms with van der Waals surface area (Å²) in [4.78, 5) is 21.6. The Kier molecular flexibility index (Phi) is 7.45. The molecule has 0 aromatic carbocycles. The summed E-state index contributed by atoms with van der Waals surface area (Å²) in [6, 6.07) is 0. The molecule has 0 aromatic rings. The lowest BCUT2D eigenvalue weighted by molar-refractivity contribution is 0.0366. The molecule has 0 aromatic heterocycles. The molecule has 0 atom stereocenters. The summed E-state index contributed by atoms with van der Waals surface area (Å²) >= 11 is 0. The fraction of sp³-hybridized carbons (Fsp3) is 1.00. The van der Waals surface area contributed by atoms with Crippen molar-refractivity contribution in [3.05, 3.63) is 0 Å². The fourth-order valence-electron chi connectivity index (χ4n) is 0.289. The van der Waals surface area contributed by atoms with Gasteiger partial charge in [0.25, 0.3) is 0 Å². The van der Waals surface area contributed by atoms with Crippen molar-refractivity contribution in [2.75, 3.05) is 26.4 Å². The molecule has 13 heavy (non-hydrogen) atoms. The summed E-state index contributed by atoms with van der Waals surface area (Å²) in [5.41, 5.74) is 0. The second-order valence-corrected chi connectivity index (χ2v) is 3.47. The van der Waals surface area contributed by atoms with Crippen LogP contribution in [0.2, 0.25) is 0 Å². The SMILES string of the molecule is C1COC1.C1COC1.O=P(O)(O)O. The highest BCUT2D eigenvalue weighted by molar-refractivity contribution is 7.45. The van der Waals surface area contributed by atoms with Crippen molar-refractivity contribution in [1.29, 1.82) is 0 Å². The topological polar surface area (TPSA) is 96.2 Å². The van der Waals surface area contributed by atoms with E-state index in [-0.39, 0.29) is 0 Å². The van der Waals surface area contributed by atoms with E-state index < -0.39 is 7.82 Å². The first-order chi connectivity index (χ1) is 6.00. The van der Waals surface area contributed by atoms with Crippen LogP contribution in [0.3, 0.4) is 0 Å². The number of ether oxygens (including phenoxy) is 2. The van der Waals surface area contributed by atoms with Crippen LogP contribution in [0.5, 0.6) is 0 Å². The van der Waals surface area contributed by atoms with Crippen molar-refractivity contribution in [2.24, 2.45) is 0 Å². The Morgan fingerprint density at radius 3 is 0.923 bits per heavy atom. The highest BCUT2D eigenvalue weighted by atomic mass is 31.2. The zero-order valence-electron chi connectivity index (χ0n) is 7.26. The van der Waals surface area contributed by atoms with Gasteiger partial charge < -0.3 is 24.2 Å². The molecule has 2 heterocycles. The third-order valence-electron chi connectivity index (χ3n) is 1.15. The molecule has 0 unspecified atom stereocenters. The van der Waals surface area contributed by atoms with Crippen LogP contribution in [-0.4, -0.2) is 41.1 Å². The molecule has 80 valence electrons. The molecule has 0 aliphatic carbocycles. The number of hydrogen-bond acceptors (Lipinski definition) is 3. The quantitative estimate of drug-likeness (QED) is 0.486. The molecule has 0 radical (unpaired) electrons. The zero-order valence-corrected chi connectivity index (χ0v) is 8.15. The highest BCUT2D eigenvalue weighted by Gasteiger charge is 2.00. The van der Waals surface area contributed by atoms with Crippen LogP contribution in [0.1, 0.15) is 12.8 Å². The number of phosphoric acid groups is 1. The Morgan fingerprint density at radius 2 is 0.923 bits per heavy atom. The van der Waals surface area contributed by atoms with Gasteiger partial charge in [0.1, 0.15) is 0 Å². The maximum absolute atomic E-state index is 8.88. The normalized spacial score (nSPS) is 19.3. The number of rotatable bonds is 0. The van der Waals surface area contributed by atoms with E-state index >= 15 is 0 Å². The molecule has 0 amide bonds. The monoisotopic (exact) mass is 214 g/mol.